The lowest BCUT2D eigenvalue weighted by Crippen LogP contribution is -2.40. The molecule has 1 saturated heterocycles. The lowest BCUT2D eigenvalue weighted by molar-refractivity contribution is 0.0331. The molecular formula is C11H20N4O. The lowest BCUT2D eigenvalue weighted by Gasteiger charge is -2.22. The van der Waals surface area contributed by atoms with Crippen molar-refractivity contribution in [1.29, 1.82) is 0 Å². The molecule has 3 atom stereocenters. The molecule has 0 saturated carbocycles. The van der Waals surface area contributed by atoms with E-state index in [9.17, 15) is 0 Å². The monoisotopic (exact) mass is 224 g/mol. The fraction of sp³-hybridized carbons (Fsp3) is 0.818. The summed E-state index contributed by atoms with van der Waals surface area (Å²) in [7, 11) is 3.90. The van der Waals surface area contributed by atoms with Crippen LogP contribution in [0.2, 0.25) is 0 Å². The summed E-state index contributed by atoms with van der Waals surface area (Å²) in [5.41, 5.74) is 0. The Morgan fingerprint density at radius 3 is 2.94 bits per heavy atom. The van der Waals surface area contributed by atoms with E-state index in [0.29, 0.717) is 18.2 Å². The highest BCUT2D eigenvalue weighted by atomic mass is 16.5. The summed E-state index contributed by atoms with van der Waals surface area (Å²) in [6, 6.07) is 0.327. The number of nitrogens with zero attached hydrogens (tertiary/aromatic N) is 3. The summed E-state index contributed by atoms with van der Waals surface area (Å²) >= 11 is 0. The molecule has 2 rings (SSSR count). The Labute approximate surface area is 96.2 Å². The van der Waals surface area contributed by atoms with Gasteiger partial charge in [-0.3, -0.25) is 4.68 Å². The maximum absolute atomic E-state index is 5.88. The molecule has 1 aliphatic rings. The van der Waals surface area contributed by atoms with Crippen molar-refractivity contribution in [2.75, 3.05) is 7.05 Å². The average molecular weight is 224 g/mol. The van der Waals surface area contributed by atoms with Gasteiger partial charge in [0.25, 0.3) is 0 Å². The second-order valence-corrected chi connectivity index (χ2v) is 4.46. The highest BCUT2D eigenvalue weighted by Gasteiger charge is 2.29. The number of hydrogen-bond acceptors (Lipinski definition) is 4. The first kappa shape index (κ1) is 11.5. The van der Waals surface area contributed by atoms with E-state index in [-0.39, 0.29) is 0 Å². The Balaban J connectivity index is 1.98. The Hall–Kier alpha value is -0.940. The third kappa shape index (κ3) is 2.41. The summed E-state index contributed by atoms with van der Waals surface area (Å²) < 4.78 is 7.71. The smallest absolute Gasteiger partial charge is 0.138 e. The first-order valence-corrected chi connectivity index (χ1v) is 5.86. The van der Waals surface area contributed by atoms with E-state index >= 15 is 0 Å². The molecule has 5 heteroatoms. The number of nitrogens with one attached hydrogen (secondary N) is 1. The molecule has 1 aliphatic heterocycles. The highest BCUT2D eigenvalue weighted by Crippen LogP contribution is 2.22. The van der Waals surface area contributed by atoms with Gasteiger partial charge in [0.1, 0.15) is 12.2 Å². The molecule has 5 nitrogen and oxygen atoms in total. The van der Waals surface area contributed by atoms with E-state index in [2.05, 4.69) is 22.3 Å². The molecule has 0 spiro atoms. The van der Waals surface area contributed by atoms with Crippen molar-refractivity contribution in [1.82, 2.24) is 20.1 Å². The molecule has 1 aromatic heterocycles. The van der Waals surface area contributed by atoms with Crippen LogP contribution in [0.15, 0.2) is 6.33 Å². The van der Waals surface area contributed by atoms with Gasteiger partial charge in [0.15, 0.2) is 0 Å². The molecule has 90 valence electrons. The van der Waals surface area contributed by atoms with Gasteiger partial charge in [-0.15, -0.1) is 0 Å². The third-order valence-electron chi connectivity index (χ3n) is 3.29. The van der Waals surface area contributed by atoms with Crippen molar-refractivity contribution in [3.8, 4) is 0 Å². The molecule has 0 radical (unpaired) electrons. The fourth-order valence-corrected chi connectivity index (χ4v) is 2.25. The van der Waals surface area contributed by atoms with Crippen molar-refractivity contribution >= 4 is 0 Å². The van der Waals surface area contributed by atoms with Crippen molar-refractivity contribution < 1.29 is 4.74 Å². The predicted octanol–water partition coefficient (Wildman–Crippen LogP) is 0.513. The first-order valence-electron chi connectivity index (χ1n) is 5.86. The average Bonchev–Trinajstić information content (AvgIpc) is 2.85. The van der Waals surface area contributed by atoms with Crippen molar-refractivity contribution in [3.63, 3.8) is 0 Å². The predicted molar refractivity (Wildman–Crippen MR) is 61.1 cm³/mol. The van der Waals surface area contributed by atoms with Crippen LogP contribution in [0.5, 0.6) is 0 Å². The largest absolute Gasteiger partial charge is 0.374 e. The zero-order chi connectivity index (χ0) is 11.5. The van der Waals surface area contributed by atoms with E-state index in [1.807, 2.05) is 18.8 Å². The minimum Gasteiger partial charge on any atom is -0.374 e. The van der Waals surface area contributed by atoms with Gasteiger partial charge in [-0.1, -0.05) is 0 Å². The maximum Gasteiger partial charge on any atom is 0.138 e. The fourth-order valence-electron chi connectivity index (χ4n) is 2.25. The van der Waals surface area contributed by atoms with Gasteiger partial charge in [-0.05, 0) is 26.8 Å². The van der Waals surface area contributed by atoms with Crippen LogP contribution < -0.4 is 5.32 Å². The molecular weight excluding hydrogens is 204 g/mol. The van der Waals surface area contributed by atoms with Crippen LogP contribution in [0, 0.1) is 0 Å². The number of aromatic nitrogens is 3. The van der Waals surface area contributed by atoms with Crippen LogP contribution >= 0.6 is 0 Å². The standard InChI is InChI=1S/C11H20N4O/c1-8-4-5-10(16-8)9(12-2)6-11-13-7-14-15(11)3/h7-10,12H,4-6H2,1-3H3. The van der Waals surface area contributed by atoms with E-state index in [1.165, 1.54) is 0 Å². The van der Waals surface area contributed by atoms with Gasteiger partial charge < -0.3 is 10.1 Å². The number of aryl methyl sites for hydroxylation is 1. The van der Waals surface area contributed by atoms with Crippen LogP contribution in [0.3, 0.4) is 0 Å². The minimum absolute atomic E-state index is 0.302. The van der Waals surface area contributed by atoms with Crippen molar-refractivity contribution in [2.45, 2.75) is 44.4 Å². The Morgan fingerprint density at radius 2 is 2.44 bits per heavy atom. The summed E-state index contributed by atoms with van der Waals surface area (Å²) in [6.45, 7) is 2.13. The van der Waals surface area contributed by atoms with Gasteiger partial charge in [0.05, 0.1) is 12.2 Å². The number of likely N-dealkylation sites (N-methyl/N-ethyl adjacent to an activating group) is 1. The first-order chi connectivity index (χ1) is 7.70. The summed E-state index contributed by atoms with van der Waals surface area (Å²) in [6.07, 6.45) is 5.44. The van der Waals surface area contributed by atoms with Gasteiger partial charge in [0.2, 0.25) is 0 Å². The SMILES string of the molecule is CNC(Cc1ncnn1C)C1CCC(C)O1. The summed E-state index contributed by atoms with van der Waals surface area (Å²) in [4.78, 5) is 4.25. The number of ether oxygens (including phenoxy) is 1. The van der Waals surface area contributed by atoms with Crippen LogP contribution in [0.25, 0.3) is 0 Å². The lowest BCUT2D eigenvalue weighted by atomic mass is 10.0. The van der Waals surface area contributed by atoms with Gasteiger partial charge in [-0.25, -0.2) is 4.98 Å². The maximum atomic E-state index is 5.88. The van der Waals surface area contributed by atoms with Crippen molar-refractivity contribution in [3.05, 3.63) is 12.2 Å². The quantitative estimate of drug-likeness (QED) is 0.810. The molecule has 0 aliphatic carbocycles. The van der Waals surface area contributed by atoms with Gasteiger partial charge in [-0.2, -0.15) is 5.10 Å². The van der Waals surface area contributed by atoms with Crippen LogP contribution in [-0.4, -0.2) is 40.1 Å². The molecule has 1 N–H and O–H groups in total. The van der Waals surface area contributed by atoms with Crippen LogP contribution in [0.1, 0.15) is 25.6 Å². The van der Waals surface area contributed by atoms with Gasteiger partial charge in [0, 0.05) is 19.5 Å². The third-order valence-corrected chi connectivity index (χ3v) is 3.29. The molecule has 1 aromatic rings. The zero-order valence-electron chi connectivity index (χ0n) is 10.2. The zero-order valence-corrected chi connectivity index (χ0v) is 10.2. The Kier molecular flexibility index (Phi) is 3.56. The van der Waals surface area contributed by atoms with E-state index in [4.69, 9.17) is 4.74 Å². The Bertz CT molecular complexity index is 338. The summed E-state index contributed by atoms with van der Waals surface area (Å²) in [5.74, 6) is 1.00. The van der Waals surface area contributed by atoms with Crippen molar-refractivity contribution in [2.24, 2.45) is 7.05 Å². The summed E-state index contributed by atoms with van der Waals surface area (Å²) in [5, 5.41) is 7.41. The number of hydrogen-bond donors (Lipinski definition) is 1. The Morgan fingerprint density at radius 1 is 1.62 bits per heavy atom. The molecule has 0 aromatic carbocycles. The topological polar surface area (TPSA) is 52.0 Å². The molecule has 0 bridgehead atoms. The minimum atomic E-state index is 0.302. The molecule has 3 unspecified atom stereocenters. The van der Waals surface area contributed by atoms with Gasteiger partial charge >= 0.3 is 0 Å². The van der Waals surface area contributed by atoms with Crippen LogP contribution in [0.4, 0.5) is 0 Å². The van der Waals surface area contributed by atoms with E-state index in [1.54, 1.807) is 6.33 Å². The van der Waals surface area contributed by atoms with E-state index in [0.717, 1.165) is 25.1 Å². The molecule has 0 amide bonds. The number of rotatable bonds is 4. The molecule has 16 heavy (non-hydrogen) atoms. The molecule has 1 fully saturated rings. The normalized spacial score (nSPS) is 27.2. The second-order valence-electron chi connectivity index (χ2n) is 4.46. The highest BCUT2D eigenvalue weighted by molar-refractivity contribution is 4.93. The second kappa shape index (κ2) is 4.93. The van der Waals surface area contributed by atoms with E-state index < -0.39 is 0 Å². The van der Waals surface area contributed by atoms with Crippen LogP contribution in [-0.2, 0) is 18.2 Å². The molecule has 2 heterocycles.